The second-order valence-corrected chi connectivity index (χ2v) is 7.12. The summed E-state index contributed by atoms with van der Waals surface area (Å²) >= 11 is 1.45. The predicted octanol–water partition coefficient (Wildman–Crippen LogP) is 3.89. The van der Waals surface area contributed by atoms with Crippen molar-refractivity contribution in [2.75, 3.05) is 0 Å². The fourth-order valence-electron chi connectivity index (χ4n) is 1.98. The standard InChI is InChI=1S/C17H20N2O3S/c1-17(2,3)22-16(21)19(10-13-5-4-7-18-9-13)11-15-14(12-20)6-8-23-15/h4-9,12H,10-11H2,1-3H3. The van der Waals surface area contributed by atoms with Gasteiger partial charge in [0.05, 0.1) is 13.1 Å². The molecule has 122 valence electrons. The molecule has 0 saturated carbocycles. The summed E-state index contributed by atoms with van der Waals surface area (Å²) in [6.45, 7) is 6.19. The molecule has 6 heteroatoms. The lowest BCUT2D eigenvalue weighted by Gasteiger charge is -2.27. The first kappa shape index (κ1) is 17.1. The van der Waals surface area contributed by atoms with Crippen LogP contribution in [0.5, 0.6) is 0 Å². The van der Waals surface area contributed by atoms with Crippen molar-refractivity contribution in [2.45, 2.75) is 39.5 Å². The third-order valence-electron chi connectivity index (χ3n) is 2.99. The van der Waals surface area contributed by atoms with Gasteiger partial charge in [-0.15, -0.1) is 11.3 Å². The summed E-state index contributed by atoms with van der Waals surface area (Å²) in [7, 11) is 0. The number of rotatable bonds is 5. The third kappa shape index (κ3) is 5.17. The molecule has 1 amide bonds. The van der Waals surface area contributed by atoms with E-state index >= 15 is 0 Å². The predicted molar refractivity (Wildman–Crippen MR) is 89.4 cm³/mol. The molecule has 0 bridgehead atoms. The largest absolute Gasteiger partial charge is 0.444 e. The maximum absolute atomic E-state index is 12.5. The Labute approximate surface area is 139 Å². The lowest BCUT2D eigenvalue weighted by Crippen LogP contribution is -2.36. The van der Waals surface area contributed by atoms with Gasteiger partial charge in [-0.05, 0) is 43.8 Å². The molecule has 0 aliphatic carbocycles. The molecular weight excluding hydrogens is 312 g/mol. The van der Waals surface area contributed by atoms with Crippen LogP contribution in [0.15, 0.2) is 36.0 Å². The Hall–Kier alpha value is -2.21. The fourth-order valence-corrected chi connectivity index (χ4v) is 2.84. The Bertz CT molecular complexity index is 662. The number of aldehydes is 1. The van der Waals surface area contributed by atoms with E-state index in [1.807, 2.05) is 38.3 Å². The highest BCUT2D eigenvalue weighted by Gasteiger charge is 2.23. The van der Waals surface area contributed by atoms with Crippen LogP contribution in [-0.2, 0) is 17.8 Å². The van der Waals surface area contributed by atoms with E-state index < -0.39 is 11.7 Å². The van der Waals surface area contributed by atoms with E-state index in [2.05, 4.69) is 4.98 Å². The number of hydrogen-bond donors (Lipinski definition) is 0. The molecule has 0 saturated heterocycles. The first-order valence-electron chi connectivity index (χ1n) is 7.27. The summed E-state index contributed by atoms with van der Waals surface area (Å²) < 4.78 is 5.48. The second-order valence-electron chi connectivity index (χ2n) is 6.11. The van der Waals surface area contributed by atoms with Gasteiger partial charge in [-0.1, -0.05) is 6.07 Å². The molecule has 2 heterocycles. The number of carbonyl (C=O) groups is 2. The summed E-state index contributed by atoms with van der Waals surface area (Å²) in [5.41, 5.74) is 0.935. The summed E-state index contributed by atoms with van der Waals surface area (Å²) in [4.78, 5) is 30.1. The zero-order chi connectivity index (χ0) is 16.9. The molecule has 2 aromatic rings. The van der Waals surface area contributed by atoms with Crippen LogP contribution in [-0.4, -0.2) is 27.9 Å². The first-order chi connectivity index (χ1) is 10.9. The number of hydrogen-bond acceptors (Lipinski definition) is 5. The smallest absolute Gasteiger partial charge is 0.410 e. The van der Waals surface area contributed by atoms with Crippen molar-refractivity contribution in [1.82, 2.24) is 9.88 Å². The molecular formula is C17H20N2O3S. The highest BCUT2D eigenvalue weighted by atomic mass is 32.1. The summed E-state index contributed by atoms with van der Waals surface area (Å²) in [5.74, 6) is 0. The van der Waals surface area contributed by atoms with Crippen LogP contribution in [0.3, 0.4) is 0 Å². The third-order valence-corrected chi connectivity index (χ3v) is 3.91. The van der Waals surface area contributed by atoms with E-state index in [0.717, 1.165) is 16.7 Å². The topological polar surface area (TPSA) is 59.5 Å². The Kier molecular flexibility index (Phi) is 5.50. The van der Waals surface area contributed by atoms with Crippen molar-refractivity contribution >= 4 is 23.7 Å². The minimum absolute atomic E-state index is 0.329. The average Bonchev–Trinajstić information content (AvgIpc) is 2.93. The molecule has 0 aliphatic heterocycles. The van der Waals surface area contributed by atoms with Crippen LogP contribution in [0, 0.1) is 0 Å². The highest BCUT2D eigenvalue weighted by molar-refractivity contribution is 7.10. The van der Waals surface area contributed by atoms with Crippen molar-refractivity contribution in [1.29, 1.82) is 0 Å². The van der Waals surface area contributed by atoms with E-state index in [9.17, 15) is 9.59 Å². The molecule has 5 nitrogen and oxygen atoms in total. The van der Waals surface area contributed by atoms with Gasteiger partial charge < -0.3 is 4.74 Å². The minimum atomic E-state index is -0.576. The van der Waals surface area contributed by atoms with E-state index in [0.29, 0.717) is 18.7 Å². The lowest BCUT2D eigenvalue weighted by molar-refractivity contribution is 0.0217. The van der Waals surface area contributed by atoms with Gasteiger partial charge in [0.2, 0.25) is 0 Å². The van der Waals surface area contributed by atoms with Crippen molar-refractivity contribution < 1.29 is 14.3 Å². The zero-order valence-corrected chi connectivity index (χ0v) is 14.3. The molecule has 0 N–H and O–H groups in total. The van der Waals surface area contributed by atoms with Gasteiger partial charge in [-0.3, -0.25) is 14.7 Å². The molecule has 23 heavy (non-hydrogen) atoms. The molecule has 0 aromatic carbocycles. The number of thiophene rings is 1. The Morgan fingerprint density at radius 2 is 2.13 bits per heavy atom. The van der Waals surface area contributed by atoms with Crippen molar-refractivity contribution in [3.63, 3.8) is 0 Å². The molecule has 0 spiro atoms. The van der Waals surface area contributed by atoms with Crippen LogP contribution in [0.2, 0.25) is 0 Å². The maximum Gasteiger partial charge on any atom is 0.410 e. The number of amides is 1. The summed E-state index contributed by atoms with van der Waals surface area (Å²) in [6, 6.07) is 5.48. The van der Waals surface area contributed by atoms with Crippen molar-refractivity contribution in [3.05, 3.63) is 52.0 Å². The fraction of sp³-hybridized carbons (Fsp3) is 0.353. The van der Waals surface area contributed by atoms with E-state index in [1.54, 1.807) is 23.4 Å². The van der Waals surface area contributed by atoms with Crippen molar-refractivity contribution in [3.8, 4) is 0 Å². The molecule has 2 aromatic heterocycles. The van der Waals surface area contributed by atoms with Crippen LogP contribution in [0.4, 0.5) is 4.79 Å². The van der Waals surface area contributed by atoms with E-state index in [1.165, 1.54) is 11.3 Å². The molecule has 2 rings (SSSR count). The quantitative estimate of drug-likeness (QED) is 0.779. The average molecular weight is 332 g/mol. The second kappa shape index (κ2) is 7.37. The van der Waals surface area contributed by atoms with Gasteiger partial charge in [0.1, 0.15) is 5.60 Å². The number of aromatic nitrogens is 1. The Morgan fingerprint density at radius 3 is 2.74 bits per heavy atom. The lowest BCUT2D eigenvalue weighted by atomic mass is 10.2. The van der Waals surface area contributed by atoms with Gasteiger partial charge in [-0.25, -0.2) is 4.79 Å². The number of pyridine rings is 1. The van der Waals surface area contributed by atoms with Gasteiger partial charge in [0.25, 0.3) is 0 Å². The first-order valence-corrected chi connectivity index (χ1v) is 8.15. The Balaban J connectivity index is 2.20. The normalized spacial score (nSPS) is 11.1. The molecule has 0 atom stereocenters. The van der Waals surface area contributed by atoms with Crippen molar-refractivity contribution in [2.24, 2.45) is 0 Å². The molecule has 0 radical (unpaired) electrons. The van der Waals surface area contributed by atoms with E-state index in [-0.39, 0.29) is 0 Å². The summed E-state index contributed by atoms with van der Waals surface area (Å²) in [5, 5.41) is 1.84. The number of nitrogens with zero attached hydrogens (tertiary/aromatic N) is 2. The van der Waals surface area contributed by atoms with E-state index in [4.69, 9.17) is 4.74 Å². The monoisotopic (exact) mass is 332 g/mol. The van der Waals surface area contributed by atoms with Gasteiger partial charge in [0, 0.05) is 22.8 Å². The van der Waals surface area contributed by atoms with Crippen LogP contribution in [0.25, 0.3) is 0 Å². The van der Waals surface area contributed by atoms with Gasteiger partial charge >= 0.3 is 6.09 Å². The maximum atomic E-state index is 12.5. The zero-order valence-electron chi connectivity index (χ0n) is 13.5. The number of carbonyl (C=O) groups excluding carboxylic acids is 2. The Morgan fingerprint density at radius 1 is 1.35 bits per heavy atom. The minimum Gasteiger partial charge on any atom is -0.444 e. The van der Waals surface area contributed by atoms with Crippen LogP contribution >= 0.6 is 11.3 Å². The highest BCUT2D eigenvalue weighted by Crippen LogP contribution is 2.20. The van der Waals surface area contributed by atoms with Gasteiger partial charge in [-0.2, -0.15) is 0 Å². The van der Waals surface area contributed by atoms with Crippen LogP contribution < -0.4 is 0 Å². The SMILES string of the molecule is CC(C)(C)OC(=O)N(Cc1cccnc1)Cc1sccc1C=O. The van der Waals surface area contributed by atoms with Crippen LogP contribution in [0.1, 0.15) is 41.6 Å². The van der Waals surface area contributed by atoms with Gasteiger partial charge in [0.15, 0.2) is 6.29 Å². The summed E-state index contributed by atoms with van der Waals surface area (Å²) in [6.07, 6.45) is 3.80. The number of ether oxygens (including phenoxy) is 1. The molecule has 0 unspecified atom stereocenters. The molecule has 0 aliphatic rings. The molecule has 0 fully saturated rings.